The van der Waals surface area contributed by atoms with Gasteiger partial charge >= 0.3 is 11.4 Å². The summed E-state index contributed by atoms with van der Waals surface area (Å²) in [7, 11) is 0. The zero-order chi connectivity index (χ0) is 22.0. The molecule has 0 radical (unpaired) electrons. The number of aliphatic hydroxyl groups is 1. The van der Waals surface area contributed by atoms with E-state index in [1.807, 2.05) is 30.3 Å². The van der Waals surface area contributed by atoms with Gasteiger partial charge in [0.2, 0.25) is 5.82 Å². The predicted molar refractivity (Wildman–Crippen MR) is 118 cm³/mol. The fourth-order valence-corrected chi connectivity index (χ4v) is 6.85. The Hall–Kier alpha value is -3.20. The van der Waals surface area contributed by atoms with Crippen molar-refractivity contribution in [1.29, 1.82) is 0 Å². The molecule has 2 heterocycles. The first kappa shape index (κ1) is 19.5. The van der Waals surface area contributed by atoms with Crippen LogP contribution in [0.3, 0.4) is 0 Å². The fourth-order valence-electron chi connectivity index (χ4n) is 6.85. The van der Waals surface area contributed by atoms with E-state index in [-0.39, 0.29) is 34.8 Å². The summed E-state index contributed by atoms with van der Waals surface area (Å²) in [6.45, 7) is 0.383. The quantitative estimate of drug-likeness (QED) is 0.358. The van der Waals surface area contributed by atoms with Gasteiger partial charge in [-0.1, -0.05) is 30.3 Å². The van der Waals surface area contributed by atoms with Gasteiger partial charge in [0.15, 0.2) is 5.52 Å². The van der Waals surface area contributed by atoms with Gasteiger partial charge in [-0.05, 0) is 55.4 Å². The van der Waals surface area contributed by atoms with Crippen LogP contribution in [0.5, 0.6) is 0 Å². The highest BCUT2D eigenvalue weighted by molar-refractivity contribution is 5.91. The van der Waals surface area contributed by atoms with Crippen LogP contribution >= 0.6 is 0 Å². The predicted octanol–water partition coefficient (Wildman–Crippen LogP) is 3.43. The van der Waals surface area contributed by atoms with Crippen molar-refractivity contribution in [3.8, 4) is 0 Å². The molecule has 2 unspecified atom stereocenters. The zero-order valence-electron chi connectivity index (χ0n) is 17.5. The van der Waals surface area contributed by atoms with Gasteiger partial charge in [0.1, 0.15) is 0 Å². The van der Waals surface area contributed by atoms with Crippen molar-refractivity contribution in [2.24, 2.45) is 17.8 Å². The highest BCUT2D eigenvalue weighted by Crippen LogP contribution is 2.61. The van der Waals surface area contributed by atoms with E-state index in [4.69, 9.17) is 4.98 Å². The molecule has 3 aromatic rings. The molecule has 4 bridgehead atoms. The molecule has 166 valence electrons. The molecular weight excluding hydrogens is 410 g/mol. The molecular formula is C23H25N5O4. The maximum absolute atomic E-state index is 12.2. The number of benzene rings is 1. The lowest BCUT2D eigenvalue weighted by atomic mass is 9.49. The smallest absolute Gasteiger partial charge is 0.336 e. The van der Waals surface area contributed by atoms with Gasteiger partial charge in [-0.15, -0.1) is 0 Å². The normalized spacial score (nSPS) is 30.7. The Kier molecular flexibility index (Phi) is 4.20. The molecule has 2 aromatic heterocycles. The maximum Gasteiger partial charge on any atom is 0.336 e. The number of rotatable bonds is 5. The molecule has 9 heteroatoms. The van der Waals surface area contributed by atoms with Crippen LogP contribution in [0.15, 0.2) is 35.1 Å². The van der Waals surface area contributed by atoms with Gasteiger partial charge in [-0.25, -0.2) is 9.78 Å². The van der Waals surface area contributed by atoms with Crippen LogP contribution in [0.2, 0.25) is 0 Å². The van der Waals surface area contributed by atoms with E-state index in [0.29, 0.717) is 23.7 Å². The summed E-state index contributed by atoms with van der Waals surface area (Å²) in [6.07, 6.45) is 4.40. The average Bonchev–Trinajstić information content (AvgIpc) is 3.12. The van der Waals surface area contributed by atoms with Gasteiger partial charge in [-0.3, -0.25) is 15.1 Å². The van der Waals surface area contributed by atoms with Crippen LogP contribution in [0, 0.1) is 27.9 Å². The monoisotopic (exact) mass is 435 g/mol. The van der Waals surface area contributed by atoms with E-state index in [2.05, 4.69) is 15.3 Å². The number of imidazole rings is 1. The first-order valence-electron chi connectivity index (χ1n) is 11.2. The molecule has 0 aliphatic heterocycles. The molecule has 4 N–H and O–H groups in total. The number of pyridine rings is 1. The topological polar surface area (TPSA) is 137 Å². The van der Waals surface area contributed by atoms with Crippen LogP contribution in [-0.2, 0) is 6.54 Å². The molecule has 2 atom stereocenters. The Balaban J connectivity index is 1.47. The van der Waals surface area contributed by atoms with Crippen LogP contribution < -0.4 is 11.0 Å². The van der Waals surface area contributed by atoms with E-state index >= 15 is 0 Å². The summed E-state index contributed by atoms with van der Waals surface area (Å²) in [5.41, 5.74) is 1.01. The largest absolute Gasteiger partial charge is 0.390 e. The Labute approximate surface area is 183 Å². The van der Waals surface area contributed by atoms with Gasteiger partial charge < -0.3 is 15.4 Å². The number of fused-ring (bicyclic) bond motifs is 1. The first-order valence-corrected chi connectivity index (χ1v) is 11.2. The number of hydrogen-bond donors (Lipinski definition) is 4. The summed E-state index contributed by atoms with van der Waals surface area (Å²) >= 11 is 0. The van der Waals surface area contributed by atoms with Crippen molar-refractivity contribution in [3.63, 3.8) is 0 Å². The first-order chi connectivity index (χ1) is 15.4. The lowest BCUT2D eigenvalue weighted by molar-refractivity contribution is -0.382. The third-order valence-corrected chi connectivity index (χ3v) is 7.72. The second-order valence-corrected chi connectivity index (χ2v) is 9.84. The minimum atomic E-state index is -0.590. The van der Waals surface area contributed by atoms with E-state index < -0.39 is 16.2 Å². The van der Waals surface area contributed by atoms with Crippen LogP contribution in [-0.4, -0.2) is 30.6 Å². The number of nitro groups is 1. The van der Waals surface area contributed by atoms with E-state index in [0.717, 1.165) is 37.7 Å². The summed E-state index contributed by atoms with van der Waals surface area (Å²) in [5.74, 6) is 1.30. The van der Waals surface area contributed by atoms with E-state index in [1.54, 1.807) is 0 Å². The second-order valence-electron chi connectivity index (χ2n) is 9.84. The highest BCUT2D eigenvalue weighted by Gasteiger charge is 2.56. The molecule has 1 aromatic carbocycles. The number of aromatic amines is 2. The molecule has 4 aliphatic rings. The van der Waals surface area contributed by atoms with E-state index in [1.165, 1.54) is 0 Å². The maximum atomic E-state index is 12.2. The van der Waals surface area contributed by atoms with Gasteiger partial charge in [0, 0.05) is 12.5 Å². The SMILES string of the molecule is O=c1[nH]c2c(C3C4CC5CC3CC(O)(C5)C4)nc(NCc3ccccc3)c([N+](=O)[O-])c2[nH]1. The lowest BCUT2D eigenvalue weighted by Gasteiger charge is -2.57. The van der Waals surface area contributed by atoms with Crippen molar-refractivity contribution < 1.29 is 10.0 Å². The van der Waals surface area contributed by atoms with Crippen molar-refractivity contribution in [2.45, 2.75) is 50.2 Å². The summed E-state index contributed by atoms with van der Waals surface area (Å²) in [4.78, 5) is 33.9. The minimum Gasteiger partial charge on any atom is -0.390 e. The number of anilines is 1. The summed E-state index contributed by atoms with van der Waals surface area (Å²) in [6, 6.07) is 9.62. The van der Waals surface area contributed by atoms with E-state index in [9.17, 15) is 20.0 Å². The van der Waals surface area contributed by atoms with Gasteiger partial charge in [-0.2, -0.15) is 0 Å². The summed E-state index contributed by atoms with van der Waals surface area (Å²) in [5, 5.41) is 26.1. The number of nitrogens with one attached hydrogen (secondary N) is 3. The fraction of sp³-hybridized carbons (Fsp3) is 0.478. The van der Waals surface area contributed by atoms with Crippen molar-refractivity contribution >= 4 is 22.5 Å². The molecule has 0 saturated heterocycles. The zero-order valence-corrected chi connectivity index (χ0v) is 17.5. The molecule has 0 spiro atoms. The molecule has 9 nitrogen and oxygen atoms in total. The third kappa shape index (κ3) is 3.02. The molecule has 4 aliphatic carbocycles. The molecule has 7 rings (SSSR count). The molecule has 4 saturated carbocycles. The summed E-state index contributed by atoms with van der Waals surface area (Å²) < 4.78 is 0. The van der Waals surface area contributed by atoms with Crippen molar-refractivity contribution in [1.82, 2.24) is 15.0 Å². The average molecular weight is 435 g/mol. The lowest BCUT2D eigenvalue weighted by Crippen LogP contribution is -2.53. The molecule has 32 heavy (non-hydrogen) atoms. The van der Waals surface area contributed by atoms with Crippen molar-refractivity contribution in [3.05, 3.63) is 62.2 Å². The number of aromatic nitrogens is 3. The number of H-pyrrole nitrogens is 2. The molecule has 4 fully saturated rings. The van der Waals surface area contributed by atoms with Crippen molar-refractivity contribution in [2.75, 3.05) is 5.32 Å². The number of hydrogen-bond acceptors (Lipinski definition) is 6. The Morgan fingerprint density at radius 1 is 1.12 bits per heavy atom. The van der Waals surface area contributed by atoms with Crippen LogP contribution in [0.25, 0.3) is 11.0 Å². The Morgan fingerprint density at radius 3 is 2.47 bits per heavy atom. The standard InChI is InChI=1S/C23H25N5O4/c29-22-26-18-17(16-14-6-13-7-15(16)10-23(30,8-13)9-14)25-21(20(28(31)32)19(18)27-22)24-11-12-4-2-1-3-5-12/h1-5,13-16,30H,6-11H2,(H,24,25)(H2,26,27,29). The third-order valence-electron chi connectivity index (χ3n) is 7.72. The van der Waals surface area contributed by atoms with Crippen LogP contribution in [0.1, 0.15) is 49.3 Å². The highest BCUT2D eigenvalue weighted by atomic mass is 16.6. The minimum absolute atomic E-state index is 0.0684. The number of nitrogens with zero attached hydrogens (tertiary/aromatic N) is 2. The molecule has 0 amide bonds. The second kappa shape index (κ2) is 6.90. The van der Waals surface area contributed by atoms with Gasteiger partial charge in [0.25, 0.3) is 0 Å². The van der Waals surface area contributed by atoms with Gasteiger partial charge in [0.05, 0.1) is 21.7 Å². The Morgan fingerprint density at radius 2 is 1.81 bits per heavy atom. The van der Waals surface area contributed by atoms with Crippen LogP contribution in [0.4, 0.5) is 11.5 Å². The Bertz CT molecular complexity index is 1250.